The van der Waals surface area contributed by atoms with Gasteiger partial charge >= 0.3 is 0 Å². The molecule has 1 aromatic heterocycles. The number of hydrogen-bond donors (Lipinski definition) is 0. The Kier molecular flexibility index (Phi) is 5.41. The summed E-state index contributed by atoms with van der Waals surface area (Å²) in [5, 5.41) is 0.458. The SMILES string of the molecule is CC(C)Sc1ccccc1C(=O)N1CCN(c2ccccn2)CC1. The standard InChI is InChI=1S/C19H23N3OS/c1-15(2)24-17-8-4-3-7-16(17)19(23)22-13-11-21(12-14-22)18-9-5-6-10-20-18/h3-10,15H,11-14H2,1-2H3. The van der Waals surface area contributed by atoms with Crippen LogP contribution in [-0.4, -0.2) is 47.2 Å². The molecule has 4 nitrogen and oxygen atoms in total. The Labute approximate surface area is 147 Å². The Morgan fingerprint density at radius 2 is 1.75 bits per heavy atom. The monoisotopic (exact) mass is 341 g/mol. The second-order valence-corrected chi connectivity index (χ2v) is 7.75. The molecule has 3 rings (SSSR count). The number of thioether (sulfide) groups is 1. The summed E-state index contributed by atoms with van der Waals surface area (Å²) < 4.78 is 0. The van der Waals surface area contributed by atoms with Gasteiger partial charge in [-0.1, -0.05) is 32.0 Å². The third-order valence-corrected chi connectivity index (χ3v) is 5.10. The summed E-state index contributed by atoms with van der Waals surface area (Å²) in [6.07, 6.45) is 1.81. The number of aromatic nitrogens is 1. The van der Waals surface area contributed by atoms with Gasteiger partial charge in [-0.25, -0.2) is 4.98 Å². The number of nitrogens with zero attached hydrogens (tertiary/aromatic N) is 3. The minimum atomic E-state index is 0.138. The first-order chi connectivity index (χ1) is 11.6. The van der Waals surface area contributed by atoms with Crippen molar-refractivity contribution < 1.29 is 4.79 Å². The Bertz CT molecular complexity index is 682. The third-order valence-electron chi connectivity index (χ3n) is 4.02. The number of carbonyl (C=O) groups is 1. The summed E-state index contributed by atoms with van der Waals surface area (Å²) >= 11 is 1.75. The van der Waals surface area contributed by atoms with Crippen LogP contribution in [0.1, 0.15) is 24.2 Å². The number of piperazine rings is 1. The smallest absolute Gasteiger partial charge is 0.255 e. The second kappa shape index (κ2) is 7.71. The minimum Gasteiger partial charge on any atom is -0.353 e. The van der Waals surface area contributed by atoms with Crippen molar-refractivity contribution in [1.82, 2.24) is 9.88 Å². The van der Waals surface area contributed by atoms with E-state index in [-0.39, 0.29) is 5.91 Å². The third kappa shape index (κ3) is 3.90. The fraction of sp³-hybridized carbons (Fsp3) is 0.368. The van der Waals surface area contributed by atoms with Gasteiger partial charge in [0.2, 0.25) is 0 Å². The molecule has 0 atom stereocenters. The van der Waals surface area contributed by atoms with Crippen LogP contribution >= 0.6 is 11.8 Å². The maximum atomic E-state index is 12.9. The van der Waals surface area contributed by atoms with Crippen LogP contribution in [-0.2, 0) is 0 Å². The predicted molar refractivity (Wildman–Crippen MR) is 99.8 cm³/mol. The Balaban J connectivity index is 1.68. The van der Waals surface area contributed by atoms with Crippen molar-refractivity contribution in [3.63, 3.8) is 0 Å². The van der Waals surface area contributed by atoms with Gasteiger partial charge in [-0.05, 0) is 24.3 Å². The number of amides is 1. The summed E-state index contributed by atoms with van der Waals surface area (Å²) in [5.74, 6) is 1.12. The fourth-order valence-electron chi connectivity index (χ4n) is 2.85. The number of carbonyl (C=O) groups excluding carboxylic acids is 1. The maximum absolute atomic E-state index is 12.9. The van der Waals surface area contributed by atoms with Gasteiger partial charge in [0.1, 0.15) is 5.82 Å². The zero-order valence-corrected chi connectivity index (χ0v) is 15.0. The highest BCUT2D eigenvalue weighted by molar-refractivity contribution is 8.00. The first-order valence-electron chi connectivity index (χ1n) is 8.36. The molecule has 0 radical (unpaired) electrons. The van der Waals surface area contributed by atoms with E-state index in [1.807, 2.05) is 53.6 Å². The lowest BCUT2D eigenvalue weighted by Gasteiger charge is -2.35. The van der Waals surface area contributed by atoms with Gasteiger partial charge in [0.15, 0.2) is 0 Å². The first kappa shape index (κ1) is 16.8. The molecule has 0 aliphatic carbocycles. The van der Waals surface area contributed by atoms with E-state index in [9.17, 15) is 4.79 Å². The zero-order chi connectivity index (χ0) is 16.9. The van der Waals surface area contributed by atoms with Crippen molar-refractivity contribution in [1.29, 1.82) is 0 Å². The molecule has 1 amide bonds. The van der Waals surface area contributed by atoms with Gasteiger partial charge in [0.25, 0.3) is 5.91 Å². The quantitative estimate of drug-likeness (QED) is 0.797. The number of benzene rings is 1. The molecule has 0 unspecified atom stereocenters. The van der Waals surface area contributed by atoms with Crippen LogP contribution in [0.3, 0.4) is 0 Å². The van der Waals surface area contributed by atoms with Crippen LogP contribution in [0.4, 0.5) is 5.82 Å². The van der Waals surface area contributed by atoms with E-state index in [2.05, 4.69) is 23.7 Å². The molecule has 0 N–H and O–H groups in total. The molecule has 1 aromatic carbocycles. The largest absolute Gasteiger partial charge is 0.353 e. The molecule has 2 heterocycles. The zero-order valence-electron chi connectivity index (χ0n) is 14.2. The van der Waals surface area contributed by atoms with E-state index in [1.165, 1.54) is 0 Å². The van der Waals surface area contributed by atoms with Crippen molar-refractivity contribution >= 4 is 23.5 Å². The number of rotatable bonds is 4. The highest BCUT2D eigenvalue weighted by Crippen LogP contribution is 2.27. The molecular weight excluding hydrogens is 318 g/mol. The van der Waals surface area contributed by atoms with Gasteiger partial charge in [-0.15, -0.1) is 11.8 Å². The van der Waals surface area contributed by atoms with E-state index >= 15 is 0 Å². The van der Waals surface area contributed by atoms with E-state index < -0.39 is 0 Å². The molecule has 1 saturated heterocycles. The summed E-state index contributed by atoms with van der Waals surface area (Å²) in [5.41, 5.74) is 0.822. The highest BCUT2D eigenvalue weighted by atomic mass is 32.2. The Morgan fingerprint density at radius 3 is 2.42 bits per heavy atom. The van der Waals surface area contributed by atoms with Crippen molar-refractivity contribution in [2.75, 3.05) is 31.1 Å². The van der Waals surface area contributed by atoms with Crippen molar-refractivity contribution in [2.45, 2.75) is 24.0 Å². The van der Waals surface area contributed by atoms with Gasteiger partial charge < -0.3 is 9.80 Å². The predicted octanol–water partition coefficient (Wildman–Crippen LogP) is 3.54. The summed E-state index contributed by atoms with van der Waals surface area (Å²) in [4.78, 5) is 22.6. The van der Waals surface area contributed by atoms with E-state index in [0.29, 0.717) is 5.25 Å². The average Bonchev–Trinajstić information content (AvgIpc) is 2.62. The lowest BCUT2D eigenvalue weighted by atomic mass is 10.2. The lowest BCUT2D eigenvalue weighted by Crippen LogP contribution is -2.49. The molecule has 1 fully saturated rings. The van der Waals surface area contributed by atoms with Crippen LogP contribution < -0.4 is 4.90 Å². The van der Waals surface area contributed by atoms with Crippen molar-refractivity contribution in [3.8, 4) is 0 Å². The van der Waals surface area contributed by atoms with Crippen LogP contribution in [0.25, 0.3) is 0 Å². The average molecular weight is 341 g/mol. The van der Waals surface area contributed by atoms with Crippen molar-refractivity contribution in [2.24, 2.45) is 0 Å². The Hall–Kier alpha value is -2.01. The first-order valence-corrected chi connectivity index (χ1v) is 9.24. The van der Waals surface area contributed by atoms with Crippen LogP contribution in [0.15, 0.2) is 53.6 Å². The molecule has 1 aliphatic rings. The van der Waals surface area contributed by atoms with Gasteiger partial charge in [0, 0.05) is 42.5 Å². The minimum absolute atomic E-state index is 0.138. The van der Waals surface area contributed by atoms with E-state index in [1.54, 1.807) is 11.8 Å². The summed E-state index contributed by atoms with van der Waals surface area (Å²) in [6, 6.07) is 13.9. The van der Waals surface area contributed by atoms with Crippen LogP contribution in [0.5, 0.6) is 0 Å². The molecule has 1 aliphatic heterocycles. The normalized spacial score (nSPS) is 15.0. The molecule has 24 heavy (non-hydrogen) atoms. The summed E-state index contributed by atoms with van der Waals surface area (Å²) in [7, 11) is 0. The molecule has 0 bridgehead atoms. The summed E-state index contributed by atoms with van der Waals surface area (Å²) in [6.45, 7) is 7.41. The molecule has 0 saturated carbocycles. The number of anilines is 1. The van der Waals surface area contributed by atoms with Gasteiger partial charge in [-0.3, -0.25) is 4.79 Å². The van der Waals surface area contributed by atoms with E-state index in [0.717, 1.165) is 42.5 Å². The number of hydrogen-bond acceptors (Lipinski definition) is 4. The number of pyridine rings is 1. The van der Waals surface area contributed by atoms with Gasteiger partial charge in [-0.2, -0.15) is 0 Å². The van der Waals surface area contributed by atoms with Gasteiger partial charge in [0.05, 0.1) is 5.56 Å². The molecule has 0 spiro atoms. The second-order valence-electron chi connectivity index (χ2n) is 6.13. The molecule has 5 heteroatoms. The topological polar surface area (TPSA) is 36.4 Å². The van der Waals surface area contributed by atoms with E-state index in [4.69, 9.17) is 0 Å². The molecule has 126 valence electrons. The lowest BCUT2D eigenvalue weighted by molar-refractivity contribution is 0.0743. The maximum Gasteiger partial charge on any atom is 0.255 e. The molecular formula is C19H23N3OS. The van der Waals surface area contributed by atoms with Crippen molar-refractivity contribution in [3.05, 3.63) is 54.2 Å². The fourth-order valence-corrected chi connectivity index (χ4v) is 3.80. The molecule has 2 aromatic rings. The van der Waals surface area contributed by atoms with Crippen LogP contribution in [0, 0.1) is 0 Å². The highest BCUT2D eigenvalue weighted by Gasteiger charge is 2.24. The Morgan fingerprint density at radius 1 is 1.04 bits per heavy atom. The van der Waals surface area contributed by atoms with Crippen LogP contribution in [0.2, 0.25) is 0 Å².